The van der Waals surface area contributed by atoms with Gasteiger partial charge in [-0.25, -0.2) is 9.69 Å². The Morgan fingerprint density at radius 1 is 1.24 bits per heavy atom. The molecule has 0 bridgehead atoms. The number of imide groups is 1. The maximum Gasteiger partial charge on any atom is 0.332 e. The third-order valence-corrected chi connectivity index (χ3v) is 7.06. The topological polar surface area (TPSA) is 85.4 Å². The number of fused-ring (bicyclic) bond motifs is 5. The summed E-state index contributed by atoms with van der Waals surface area (Å²) in [4.78, 5) is 43.5. The van der Waals surface area contributed by atoms with Crippen LogP contribution in [0.25, 0.3) is 0 Å². The number of hydrogen-bond acceptors (Lipinski definition) is 6. The van der Waals surface area contributed by atoms with Crippen molar-refractivity contribution in [3.8, 4) is 11.5 Å². The largest absolute Gasteiger partial charge is 0.497 e. The number of urea groups is 1. The highest BCUT2D eigenvalue weighted by molar-refractivity contribution is 6.31. The van der Waals surface area contributed by atoms with E-state index in [0.29, 0.717) is 22.2 Å². The van der Waals surface area contributed by atoms with Crippen molar-refractivity contribution < 1.29 is 28.6 Å². The smallest absolute Gasteiger partial charge is 0.332 e. The van der Waals surface area contributed by atoms with Gasteiger partial charge in [-0.05, 0) is 44.2 Å². The number of anilines is 1. The lowest BCUT2D eigenvalue weighted by Gasteiger charge is -2.34. The van der Waals surface area contributed by atoms with E-state index in [1.54, 1.807) is 57.4 Å². The van der Waals surface area contributed by atoms with Gasteiger partial charge >= 0.3 is 12.0 Å². The minimum absolute atomic E-state index is 0.164. The van der Waals surface area contributed by atoms with Crippen molar-refractivity contribution in [2.24, 2.45) is 11.8 Å². The first-order valence-corrected chi connectivity index (χ1v) is 11.1. The molecule has 0 aliphatic carbocycles. The second-order valence-corrected chi connectivity index (χ2v) is 8.91. The molecule has 33 heavy (non-hydrogen) atoms. The predicted octanol–water partition coefficient (Wildman–Crippen LogP) is 3.82. The van der Waals surface area contributed by atoms with Gasteiger partial charge < -0.3 is 19.1 Å². The molecular formula is C24H23ClN2O6. The van der Waals surface area contributed by atoms with E-state index in [0.717, 1.165) is 10.5 Å². The molecule has 8 nitrogen and oxygen atoms in total. The van der Waals surface area contributed by atoms with Crippen LogP contribution in [0.1, 0.15) is 25.5 Å². The number of esters is 1. The number of ether oxygens (including phenoxy) is 3. The number of rotatable bonds is 4. The molecule has 3 heterocycles. The van der Waals surface area contributed by atoms with Gasteiger partial charge in [0.25, 0.3) is 5.91 Å². The highest BCUT2D eigenvalue weighted by Crippen LogP contribution is 2.58. The third kappa shape index (κ3) is 2.93. The molecule has 2 saturated heterocycles. The Labute approximate surface area is 195 Å². The molecule has 3 aliphatic rings. The van der Waals surface area contributed by atoms with Crippen LogP contribution in [0.3, 0.4) is 0 Å². The molecule has 0 saturated carbocycles. The average Bonchev–Trinajstić information content (AvgIpc) is 3.18. The van der Waals surface area contributed by atoms with Crippen molar-refractivity contribution in [3.05, 3.63) is 53.1 Å². The van der Waals surface area contributed by atoms with E-state index in [1.807, 2.05) is 6.07 Å². The second-order valence-electron chi connectivity index (χ2n) is 8.47. The molecule has 0 N–H and O–H groups in total. The molecule has 9 heteroatoms. The summed E-state index contributed by atoms with van der Waals surface area (Å²) < 4.78 is 16.7. The van der Waals surface area contributed by atoms with E-state index in [9.17, 15) is 14.4 Å². The summed E-state index contributed by atoms with van der Waals surface area (Å²) in [7, 11) is 1.56. The minimum atomic E-state index is -1.44. The Hall–Kier alpha value is -3.26. The van der Waals surface area contributed by atoms with Crippen LogP contribution in [0, 0.1) is 11.8 Å². The normalized spacial score (nSPS) is 27.6. The molecule has 172 valence electrons. The van der Waals surface area contributed by atoms with E-state index >= 15 is 0 Å². The van der Waals surface area contributed by atoms with Gasteiger partial charge in [-0.2, -0.15) is 0 Å². The molecule has 2 aromatic carbocycles. The van der Waals surface area contributed by atoms with Crippen LogP contribution < -0.4 is 14.4 Å². The van der Waals surface area contributed by atoms with Crippen molar-refractivity contribution in [3.63, 3.8) is 0 Å². The van der Waals surface area contributed by atoms with Crippen LogP contribution in [0.5, 0.6) is 11.5 Å². The van der Waals surface area contributed by atoms with E-state index < -0.39 is 41.3 Å². The van der Waals surface area contributed by atoms with Crippen molar-refractivity contribution in [1.82, 2.24) is 4.90 Å². The zero-order valence-corrected chi connectivity index (χ0v) is 19.2. The first kappa shape index (κ1) is 21.6. The van der Waals surface area contributed by atoms with Gasteiger partial charge in [-0.3, -0.25) is 9.59 Å². The number of amides is 3. The monoisotopic (exact) mass is 470 g/mol. The molecule has 2 aromatic rings. The van der Waals surface area contributed by atoms with Crippen LogP contribution >= 0.6 is 11.6 Å². The summed E-state index contributed by atoms with van der Waals surface area (Å²) in [6.45, 7) is 3.68. The number of carbonyl (C=O) groups is 3. The molecule has 0 aromatic heterocycles. The lowest BCUT2D eigenvalue weighted by atomic mass is 9.77. The number of carbonyl (C=O) groups excluding carboxylic acids is 3. The Morgan fingerprint density at radius 2 is 2.03 bits per heavy atom. The SMILES string of the molecule is CCOC(=O)C1C2COc3cc(OC)ccc3C2N2C(=O)N(c3cccc(Cl)c3)C(=O)[C@@]12C. The molecule has 3 unspecified atom stereocenters. The molecule has 3 amide bonds. The molecule has 4 atom stereocenters. The van der Waals surface area contributed by atoms with Gasteiger partial charge in [0.15, 0.2) is 0 Å². The molecule has 5 rings (SSSR count). The van der Waals surface area contributed by atoms with Gasteiger partial charge in [0, 0.05) is 22.6 Å². The van der Waals surface area contributed by atoms with Crippen LogP contribution in [0.15, 0.2) is 42.5 Å². The first-order valence-electron chi connectivity index (χ1n) is 10.7. The number of benzene rings is 2. The highest BCUT2D eigenvalue weighted by Gasteiger charge is 2.72. The number of nitrogens with zero attached hydrogens (tertiary/aromatic N) is 2. The summed E-state index contributed by atoms with van der Waals surface area (Å²) in [5, 5.41) is 0.397. The number of halogens is 1. The lowest BCUT2D eigenvalue weighted by molar-refractivity contribution is -0.154. The van der Waals surface area contributed by atoms with Crippen LogP contribution in [0.2, 0.25) is 5.02 Å². The quantitative estimate of drug-likeness (QED) is 0.499. The Morgan fingerprint density at radius 3 is 2.73 bits per heavy atom. The van der Waals surface area contributed by atoms with Crippen LogP contribution in [-0.4, -0.2) is 48.7 Å². The van der Waals surface area contributed by atoms with Crippen molar-refractivity contribution >= 4 is 35.2 Å². The van der Waals surface area contributed by atoms with Gasteiger partial charge in [0.1, 0.15) is 17.0 Å². The summed E-state index contributed by atoms with van der Waals surface area (Å²) in [6, 6.07) is 10.8. The first-order chi connectivity index (χ1) is 15.8. The van der Waals surface area contributed by atoms with Crippen LogP contribution in [0.4, 0.5) is 10.5 Å². The number of methoxy groups -OCH3 is 1. The maximum absolute atomic E-state index is 13.9. The fourth-order valence-electron chi connectivity index (χ4n) is 5.44. The van der Waals surface area contributed by atoms with E-state index in [1.165, 1.54) is 4.90 Å². The fraction of sp³-hybridized carbons (Fsp3) is 0.375. The zero-order valence-electron chi connectivity index (χ0n) is 18.4. The summed E-state index contributed by atoms with van der Waals surface area (Å²) >= 11 is 6.14. The van der Waals surface area contributed by atoms with Crippen molar-refractivity contribution in [1.29, 1.82) is 0 Å². The average molecular weight is 471 g/mol. The third-order valence-electron chi connectivity index (χ3n) is 6.83. The Balaban J connectivity index is 1.68. The van der Waals surface area contributed by atoms with E-state index in [2.05, 4.69) is 0 Å². The molecular weight excluding hydrogens is 448 g/mol. The zero-order chi connectivity index (χ0) is 23.5. The van der Waals surface area contributed by atoms with E-state index in [4.69, 9.17) is 25.8 Å². The van der Waals surface area contributed by atoms with Gasteiger partial charge in [0.05, 0.1) is 38.0 Å². The molecule has 0 radical (unpaired) electrons. The second kappa shape index (κ2) is 7.66. The van der Waals surface area contributed by atoms with Crippen molar-refractivity contribution in [2.75, 3.05) is 25.2 Å². The summed E-state index contributed by atoms with van der Waals surface area (Å²) in [5.41, 5.74) is -0.361. The minimum Gasteiger partial charge on any atom is -0.497 e. The Kier molecular flexibility index (Phi) is 5.01. The van der Waals surface area contributed by atoms with Gasteiger partial charge in [0.2, 0.25) is 0 Å². The van der Waals surface area contributed by atoms with Gasteiger partial charge in [-0.1, -0.05) is 17.7 Å². The molecule has 0 spiro atoms. The predicted molar refractivity (Wildman–Crippen MR) is 119 cm³/mol. The highest BCUT2D eigenvalue weighted by atomic mass is 35.5. The van der Waals surface area contributed by atoms with Gasteiger partial charge in [-0.15, -0.1) is 0 Å². The maximum atomic E-state index is 13.9. The lowest BCUT2D eigenvalue weighted by Crippen LogP contribution is -2.51. The standard InChI is InChI=1S/C24H23ClN2O6/c1-4-32-21(28)19-17-12-33-18-11-15(31-3)8-9-16(18)20(17)27-23(30)26(22(29)24(19,27)2)14-7-5-6-13(25)10-14/h5-11,17,19-20H,4,12H2,1-3H3/t17?,19?,20?,24-/m1/s1. The summed E-state index contributed by atoms with van der Waals surface area (Å²) in [6.07, 6.45) is 0. The molecule has 3 aliphatic heterocycles. The fourth-order valence-corrected chi connectivity index (χ4v) is 5.62. The Bertz CT molecular complexity index is 1170. The summed E-state index contributed by atoms with van der Waals surface area (Å²) in [5.74, 6) is -1.17. The van der Waals surface area contributed by atoms with E-state index in [-0.39, 0.29) is 13.2 Å². The van der Waals surface area contributed by atoms with Crippen molar-refractivity contribution in [2.45, 2.75) is 25.4 Å². The number of hydrogen-bond donors (Lipinski definition) is 0. The molecule has 2 fully saturated rings. The van der Waals surface area contributed by atoms with Crippen LogP contribution in [-0.2, 0) is 14.3 Å².